The highest BCUT2D eigenvalue weighted by atomic mass is 79.9. The van der Waals surface area contributed by atoms with Crippen LogP contribution in [0.3, 0.4) is 0 Å². The molecule has 0 atom stereocenters. The molecular weight excluding hydrogens is 376 g/mol. The van der Waals surface area contributed by atoms with Crippen molar-refractivity contribution < 1.29 is 17.9 Å². The van der Waals surface area contributed by atoms with Gasteiger partial charge in [0.15, 0.2) is 0 Å². The van der Waals surface area contributed by atoms with E-state index in [0.717, 1.165) is 12.1 Å². The minimum Gasteiger partial charge on any atom is -0.406 e. The number of nitrogens with one attached hydrogen (secondary N) is 1. The number of rotatable bonds is 4. The molecule has 2 aromatic rings. The molecule has 114 valence electrons. The molecule has 0 saturated heterocycles. The van der Waals surface area contributed by atoms with Gasteiger partial charge in [0, 0.05) is 5.33 Å². The van der Waals surface area contributed by atoms with Gasteiger partial charge in [-0.25, -0.2) is 4.68 Å². The molecule has 0 saturated carbocycles. The largest absolute Gasteiger partial charge is 0.573 e. The Morgan fingerprint density at radius 1 is 1.29 bits per heavy atom. The van der Waals surface area contributed by atoms with Crippen molar-refractivity contribution in [2.45, 2.75) is 17.6 Å². The van der Waals surface area contributed by atoms with Crippen LogP contribution in [0.5, 0.6) is 5.75 Å². The molecule has 0 bridgehead atoms. The summed E-state index contributed by atoms with van der Waals surface area (Å²) < 4.78 is 41.2. The highest BCUT2D eigenvalue weighted by molar-refractivity contribution is 9.08. The van der Waals surface area contributed by atoms with Crippen molar-refractivity contribution in [3.63, 3.8) is 0 Å². The molecule has 0 fully saturated rings. The topological polar surface area (TPSA) is 47.0 Å². The fourth-order valence-electron chi connectivity index (χ4n) is 1.74. The molecule has 1 N–H and O–H groups in total. The first-order valence-electron chi connectivity index (χ1n) is 5.66. The van der Waals surface area contributed by atoms with Gasteiger partial charge in [0.2, 0.25) is 0 Å². The van der Waals surface area contributed by atoms with Crippen LogP contribution in [0, 0.1) is 0 Å². The van der Waals surface area contributed by atoms with Crippen molar-refractivity contribution >= 4 is 27.5 Å². The molecule has 1 heterocycles. The number of ether oxygens (including phenoxy) is 1. The summed E-state index contributed by atoms with van der Waals surface area (Å²) in [5.41, 5.74) is 1.06. The molecule has 0 amide bonds. The third kappa shape index (κ3) is 3.62. The number of benzene rings is 1. The maximum atomic E-state index is 12.1. The quantitative estimate of drug-likeness (QED) is 0.816. The molecule has 0 unspecified atom stereocenters. The summed E-state index contributed by atoms with van der Waals surface area (Å²) in [6.07, 6.45) is -4.75. The van der Waals surface area contributed by atoms with Gasteiger partial charge in [-0.1, -0.05) is 15.9 Å². The van der Waals surface area contributed by atoms with Crippen LogP contribution in [-0.4, -0.2) is 16.1 Å². The summed E-state index contributed by atoms with van der Waals surface area (Å²) in [6, 6.07) is 4.94. The number of hydrogen-bond donors (Lipinski definition) is 1. The zero-order valence-electron chi connectivity index (χ0n) is 10.4. The van der Waals surface area contributed by atoms with Gasteiger partial charge in [0.1, 0.15) is 5.75 Å². The van der Waals surface area contributed by atoms with Gasteiger partial charge in [-0.2, -0.15) is 0 Å². The standard InChI is InChI=1S/C12H9BrClF3N2O2/c13-5-10-9(6-14)11(20)19(18-10)7-1-3-8(4-2-7)21-12(15,16)17/h1-4,18H,5-6H2. The Morgan fingerprint density at radius 3 is 2.33 bits per heavy atom. The minimum absolute atomic E-state index is 0.0402. The van der Waals surface area contributed by atoms with Crippen LogP contribution >= 0.6 is 27.5 Å². The molecule has 0 aliphatic heterocycles. The van der Waals surface area contributed by atoms with Crippen molar-refractivity contribution in [2.75, 3.05) is 0 Å². The third-order valence-corrected chi connectivity index (χ3v) is 3.50. The molecule has 4 nitrogen and oxygen atoms in total. The molecule has 0 aliphatic carbocycles. The van der Waals surface area contributed by atoms with Gasteiger partial charge >= 0.3 is 6.36 Å². The Morgan fingerprint density at radius 2 is 1.90 bits per heavy atom. The van der Waals surface area contributed by atoms with Gasteiger partial charge in [0.05, 0.1) is 22.8 Å². The highest BCUT2D eigenvalue weighted by Gasteiger charge is 2.31. The molecule has 0 spiro atoms. The van der Waals surface area contributed by atoms with E-state index in [2.05, 4.69) is 25.8 Å². The Balaban J connectivity index is 2.35. The number of aromatic amines is 1. The fraction of sp³-hybridized carbons (Fsp3) is 0.250. The first-order chi connectivity index (χ1) is 9.85. The van der Waals surface area contributed by atoms with Crippen molar-refractivity contribution in [1.82, 2.24) is 9.78 Å². The second kappa shape index (κ2) is 6.15. The number of nitrogens with zero attached hydrogens (tertiary/aromatic N) is 1. The Kier molecular flexibility index (Phi) is 4.67. The van der Waals surface area contributed by atoms with E-state index in [1.807, 2.05) is 0 Å². The molecule has 9 heteroatoms. The lowest BCUT2D eigenvalue weighted by atomic mass is 10.3. The van der Waals surface area contributed by atoms with Crippen molar-refractivity contribution in [3.05, 3.63) is 45.9 Å². The number of hydrogen-bond acceptors (Lipinski definition) is 2. The maximum Gasteiger partial charge on any atom is 0.573 e. The maximum absolute atomic E-state index is 12.1. The Bertz CT molecular complexity index is 679. The monoisotopic (exact) mass is 384 g/mol. The lowest BCUT2D eigenvalue weighted by Gasteiger charge is -2.09. The van der Waals surface area contributed by atoms with E-state index in [4.69, 9.17) is 11.6 Å². The first-order valence-corrected chi connectivity index (χ1v) is 7.32. The van der Waals surface area contributed by atoms with Crippen molar-refractivity contribution in [3.8, 4) is 11.4 Å². The average molecular weight is 386 g/mol. The number of alkyl halides is 5. The van der Waals surface area contributed by atoms with Crippen LogP contribution < -0.4 is 10.3 Å². The van der Waals surface area contributed by atoms with Crippen LogP contribution in [0.4, 0.5) is 13.2 Å². The van der Waals surface area contributed by atoms with Crippen molar-refractivity contribution in [2.24, 2.45) is 0 Å². The fourth-order valence-corrected chi connectivity index (χ4v) is 2.48. The third-order valence-electron chi connectivity index (χ3n) is 2.67. The summed E-state index contributed by atoms with van der Waals surface area (Å²) in [5, 5.41) is 3.25. The predicted octanol–water partition coefficient (Wildman–Crippen LogP) is 3.70. The second-order valence-corrected chi connectivity index (χ2v) is 4.85. The SMILES string of the molecule is O=c1c(CCl)c(CBr)[nH]n1-c1ccc(OC(F)(F)F)cc1. The molecule has 0 radical (unpaired) electrons. The lowest BCUT2D eigenvalue weighted by Crippen LogP contribution is -2.18. The van der Waals surface area contributed by atoms with E-state index >= 15 is 0 Å². The van der Waals surface area contributed by atoms with E-state index in [0.29, 0.717) is 22.3 Å². The van der Waals surface area contributed by atoms with Gasteiger partial charge in [-0.3, -0.25) is 9.89 Å². The van der Waals surface area contributed by atoms with Gasteiger partial charge in [-0.05, 0) is 24.3 Å². The number of H-pyrrole nitrogens is 1. The zero-order valence-corrected chi connectivity index (χ0v) is 12.7. The van der Waals surface area contributed by atoms with Gasteiger partial charge in [0.25, 0.3) is 5.56 Å². The van der Waals surface area contributed by atoms with E-state index < -0.39 is 6.36 Å². The van der Waals surface area contributed by atoms with Gasteiger partial charge < -0.3 is 4.74 Å². The average Bonchev–Trinajstić information content (AvgIpc) is 2.74. The smallest absolute Gasteiger partial charge is 0.406 e. The van der Waals surface area contributed by atoms with Crippen LogP contribution in [0.25, 0.3) is 5.69 Å². The van der Waals surface area contributed by atoms with Gasteiger partial charge in [-0.15, -0.1) is 24.8 Å². The predicted molar refractivity (Wildman–Crippen MR) is 75.3 cm³/mol. The second-order valence-electron chi connectivity index (χ2n) is 4.02. The molecule has 21 heavy (non-hydrogen) atoms. The van der Waals surface area contributed by atoms with E-state index in [9.17, 15) is 18.0 Å². The minimum atomic E-state index is -4.75. The number of halogens is 5. The normalized spacial score (nSPS) is 11.7. The van der Waals surface area contributed by atoms with Crippen molar-refractivity contribution in [1.29, 1.82) is 0 Å². The van der Waals surface area contributed by atoms with Crippen LogP contribution in [0.2, 0.25) is 0 Å². The number of aromatic nitrogens is 2. The molecule has 2 rings (SSSR count). The Labute approximate surface area is 130 Å². The highest BCUT2D eigenvalue weighted by Crippen LogP contribution is 2.23. The molecule has 1 aromatic carbocycles. The summed E-state index contributed by atoms with van der Waals surface area (Å²) in [6.45, 7) is 0. The lowest BCUT2D eigenvalue weighted by molar-refractivity contribution is -0.274. The van der Waals surface area contributed by atoms with E-state index in [1.165, 1.54) is 16.8 Å². The van der Waals surface area contributed by atoms with Crippen LogP contribution in [0.15, 0.2) is 29.1 Å². The van der Waals surface area contributed by atoms with Crippen LogP contribution in [-0.2, 0) is 11.2 Å². The van der Waals surface area contributed by atoms with E-state index in [-0.39, 0.29) is 17.2 Å². The van der Waals surface area contributed by atoms with E-state index in [1.54, 1.807) is 0 Å². The summed E-state index contributed by atoms with van der Waals surface area (Å²) >= 11 is 8.94. The molecule has 0 aliphatic rings. The first kappa shape index (κ1) is 16.0. The summed E-state index contributed by atoms with van der Waals surface area (Å²) in [7, 11) is 0. The Hall–Kier alpha value is -1.41. The zero-order chi connectivity index (χ0) is 15.6. The molecule has 1 aromatic heterocycles. The summed E-state index contributed by atoms with van der Waals surface area (Å²) in [4.78, 5) is 12.1. The van der Waals surface area contributed by atoms with Crippen LogP contribution in [0.1, 0.15) is 11.3 Å². The summed E-state index contributed by atoms with van der Waals surface area (Å²) in [5.74, 6) is -0.317. The molecular formula is C12H9BrClF3N2O2.